The summed E-state index contributed by atoms with van der Waals surface area (Å²) in [5.41, 5.74) is 5.26. The van der Waals surface area contributed by atoms with Crippen LogP contribution in [-0.4, -0.2) is 16.4 Å². The van der Waals surface area contributed by atoms with E-state index in [-0.39, 0.29) is 5.91 Å². The van der Waals surface area contributed by atoms with Crippen molar-refractivity contribution in [2.75, 3.05) is 0 Å². The molecule has 1 unspecified atom stereocenters. The highest BCUT2D eigenvalue weighted by Crippen LogP contribution is 2.38. The largest absolute Gasteiger partial charge is 0.348 e. The normalized spacial score (nSPS) is 19.6. The van der Waals surface area contributed by atoms with Crippen LogP contribution in [0.5, 0.6) is 0 Å². The molecule has 0 aliphatic heterocycles. The van der Waals surface area contributed by atoms with Crippen molar-refractivity contribution in [2.24, 2.45) is 11.7 Å². The Morgan fingerprint density at radius 1 is 1.80 bits per heavy atom. The van der Waals surface area contributed by atoms with E-state index >= 15 is 0 Å². The number of nitrogens with zero attached hydrogens (tertiary/aromatic N) is 1. The zero-order valence-corrected chi connectivity index (χ0v) is 9.51. The first-order valence-corrected chi connectivity index (χ1v) is 5.94. The van der Waals surface area contributed by atoms with Gasteiger partial charge in [0, 0.05) is 11.6 Å². The smallest absolute Gasteiger partial charge is 0.240 e. The number of carbonyl (C=O) groups excluding carboxylic acids is 1. The molecule has 1 aromatic heterocycles. The fraction of sp³-hybridized carbons (Fsp3) is 0.600. The lowest BCUT2D eigenvalue weighted by Gasteiger charge is -2.22. The van der Waals surface area contributed by atoms with Crippen LogP contribution >= 0.6 is 11.3 Å². The van der Waals surface area contributed by atoms with Gasteiger partial charge in [-0.1, -0.05) is 0 Å². The molecule has 0 bridgehead atoms. The number of thiazole rings is 1. The second-order valence-electron chi connectivity index (χ2n) is 4.17. The molecule has 3 N–H and O–H groups in total. The Bertz CT molecular complexity index is 344. The number of amides is 1. The van der Waals surface area contributed by atoms with Gasteiger partial charge in [-0.15, -0.1) is 11.3 Å². The highest BCUT2D eigenvalue weighted by atomic mass is 32.1. The monoisotopic (exact) mass is 225 g/mol. The van der Waals surface area contributed by atoms with Crippen LogP contribution < -0.4 is 11.1 Å². The Morgan fingerprint density at radius 2 is 2.53 bits per heavy atom. The summed E-state index contributed by atoms with van der Waals surface area (Å²) in [4.78, 5) is 15.9. The van der Waals surface area contributed by atoms with Crippen LogP contribution in [0.3, 0.4) is 0 Å². The third-order valence-corrected chi connectivity index (χ3v) is 3.58. The van der Waals surface area contributed by atoms with Crippen molar-refractivity contribution in [1.82, 2.24) is 10.3 Å². The van der Waals surface area contributed by atoms with Gasteiger partial charge in [-0.3, -0.25) is 4.79 Å². The lowest BCUT2D eigenvalue weighted by atomic mass is 9.96. The summed E-state index contributed by atoms with van der Waals surface area (Å²) >= 11 is 1.53. The van der Waals surface area contributed by atoms with Crippen molar-refractivity contribution in [3.63, 3.8) is 0 Å². The van der Waals surface area contributed by atoms with Crippen LogP contribution in [0, 0.1) is 5.92 Å². The Hall–Kier alpha value is -0.940. The fourth-order valence-corrected chi connectivity index (χ4v) is 2.11. The van der Waals surface area contributed by atoms with E-state index in [1.54, 1.807) is 6.20 Å². The molecule has 1 heterocycles. The number of hydrogen-bond donors (Lipinski definition) is 2. The number of aromatic nitrogens is 1. The average molecular weight is 225 g/mol. The molecule has 2 rings (SSSR count). The fourth-order valence-electron chi connectivity index (χ4n) is 1.56. The zero-order valence-electron chi connectivity index (χ0n) is 8.69. The minimum Gasteiger partial charge on any atom is -0.348 e. The molecule has 1 atom stereocenters. The maximum atomic E-state index is 11.8. The van der Waals surface area contributed by atoms with Gasteiger partial charge >= 0.3 is 0 Å². The van der Waals surface area contributed by atoms with Gasteiger partial charge in [0.05, 0.1) is 12.1 Å². The molecule has 1 saturated carbocycles. The first kappa shape index (κ1) is 10.6. The van der Waals surface area contributed by atoms with Gasteiger partial charge in [-0.25, -0.2) is 4.98 Å². The summed E-state index contributed by atoms with van der Waals surface area (Å²) in [6.45, 7) is 2.29. The van der Waals surface area contributed by atoms with Gasteiger partial charge in [0.25, 0.3) is 0 Å². The molecule has 5 heteroatoms. The quantitative estimate of drug-likeness (QED) is 0.799. The summed E-state index contributed by atoms with van der Waals surface area (Å²) in [6, 6.07) is 0. The van der Waals surface area contributed by atoms with E-state index in [0.29, 0.717) is 12.5 Å². The van der Waals surface area contributed by atoms with Crippen molar-refractivity contribution in [3.05, 3.63) is 16.6 Å². The van der Waals surface area contributed by atoms with Crippen LogP contribution in [-0.2, 0) is 11.3 Å². The molecule has 4 nitrogen and oxygen atoms in total. The molecule has 0 spiro atoms. The van der Waals surface area contributed by atoms with Gasteiger partial charge in [0.15, 0.2) is 0 Å². The summed E-state index contributed by atoms with van der Waals surface area (Å²) in [5.74, 6) is 0.286. The van der Waals surface area contributed by atoms with Crippen LogP contribution in [0.1, 0.15) is 24.8 Å². The second kappa shape index (κ2) is 3.90. The van der Waals surface area contributed by atoms with Crippen LogP contribution in [0.15, 0.2) is 11.6 Å². The van der Waals surface area contributed by atoms with Gasteiger partial charge < -0.3 is 11.1 Å². The molecule has 1 aliphatic rings. The minimum atomic E-state index is -0.711. The predicted octanol–water partition coefficient (Wildman–Crippen LogP) is 0.887. The topological polar surface area (TPSA) is 68.0 Å². The summed E-state index contributed by atoms with van der Waals surface area (Å²) in [6.07, 6.45) is 3.87. The van der Waals surface area contributed by atoms with Crippen molar-refractivity contribution in [1.29, 1.82) is 0 Å². The third kappa shape index (κ3) is 2.35. The average Bonchev–Trinajstić information content (AvgIpc) is 2.94. The molecule has 82 valence electrons. The van der Waals surface area contributed by atoms with Crippen molar-refractivity contribution in [3.8, 4) is 0 Å². The Morgan fingerprint density at radius 3 is 3.07 bits per heavy atom. The Labute approximate surface area is 92.9 Å². The second-order valence-corrected chi connectivity index (χ2v) is 5.14. The standard InChI is InChI=1S/C10H15N3OS/c1-10(11,7-2-3-7)9(14)13-6-8-12-4-5-15-8/h4-5,7H,2-3,6,11H2,1H3,(H,13,14). The molecule has 15 heavy (non-hydrogen) atoms. The van der Waals surface area contributed by atoms with E-state index in [2.05, 4.69) is 10.3 Å². The summed E-state index contributed by atoms with van der Waals surface area (Å²) in [5, 5.41) is 5.64. The van der Waals surface area contributed by atoms with E-state index in [4.69, 9.17) is 5.73 Å². The van der Waals surface area contributed by atoms with E-state index in [1.807, 2.05) is 12.3 Å². The highest BCUT2D eigenvalue weighted by molar-refractivity contribution is 7.09. The number of nitrogens with one attached hydrogen (secondary N) is 1. The molecule has 1 amide bonds. The molecular formula is C10H15N3OS. The van der Waals surface area contributed by atoms with Crippen LogP contribution in [0.4, 0.5) is 0 Å². The first-order valence-electron chi connectivity index (χ1n) is 5.06. The third-order valence-electron chi connectivity index (χ3n) is 2.80. The molecule has 0 radical (unpaired) electrons. The van der Waals surface area contributed by atoms with Crippen LogP contribution in [0.2, 0.25) is 0 Å². The predicted molar refractivity (Wildman–Crippen MR) is 59.3 cm³/mol. The molecule has 0 saturated heterocycles. The van der Waals surface area contributed by atoms with Crippen molar-refractivity contribution in [2.45, 2.75) is 31.8 Å². The van der Waals surface area contributed by atoms with Crippen LogP contribution in [0.25, 0.3) is 0 Å². The van der Waals surface area contributed by atoms with Gasteiger partial charge in [-0.05, 0) is 25.7 Å². The minimum absolute atomic E-state index is 0.0693. The maximum Gasteiger partial charge on any atom is 0.240 e. The lowest BCUT2D eigenvalue weighted by molar-refractivity contribution is -0.126. The molecule has 1 fully saturated rings. The van der Waals surface area contributed by atoms with E-state index < -0.39 is 5.54 Å². The Balaban J connectivity index is 1.86. The first-order chi connectivity index (χ1) is 7.10. The molecule has 1 aromatic rings. The molecule has 1 aliphatic carbocycles. The molecular weight excluding hydrogens is 210 g/mol. The molecule has 0 aromatic carbocycles. The lowest BCUT2D eigenvalue weighted by Crippen LogP contribution is -2.53. The van der Waals surface area contributed by atoms with E-state index in [1.165, 1.54) is 11.3 Å². The number of hydrogen-bond acceptors (Lipinski definition) is 4. The SMILES string of the molecule is CC(N)(C(=O)NCc1nccs1)C1CC1. The number of rotatable bonds is 4. The van der Waals surface area contributed by atoms with E-state index in [9.17, 15) is 4.79 Å². The van der Waals surface area contributed by atoms with Crippen molar-refractivity contribution < 1.29 is 4.79 Å². The van der Waals surface area contributed by atoms with E-state index in [0.717, 1.165) is 17.8 Å². The maximum absolute atomic E-state index is 11.8. The number of carbonyl (C=O) groups is 1. The highest BCUT2D eigenvalue weighted by Gasteiger charge is 2.43. The van der Waals surface area contributed by atoms with Crippen molar-refractivity contribution >= 4 is 17.2 Å². The summed E-state index contributed by atoms with van der Waals surface area (Å²) in [7, 11) is 0. The van der Waals surface area contributed by atoms with Gasteiger partial charge in [-0.2, -0.15) is 0 Å². The van der Waals surface area contributed by atoms with Gasteiger partial charge in [0.1, 0.15) is 5.01 Å². The number of nitrogens with two attached hydrogens (primary N) is 1. The zero-order chi connectivity index (χ0) is 10.9. The van der Waals surface area contributed by atoms with Gasteiger partial charge in [0.2, 0.25) is 5.91 Å². The Kier molecular flexibility index (Phi) is 2.75. The summed E-state index contributed by atoms with van der Waals surface area (Å²) < 4.78 is 0.